The molecular formula is C26H24N6O2S2. The Kier molecular flexibility index (Phi) is 8.53. The van der Waals surface area contributed by atoms with Crippen molar-refractivity contribution in [3.8, 4) is 0 Å². The summed E-state index contributed by atoms with van der Waals surface area (Å²) in [5, 5.41) is 1.03. The minimum atomic E-state index is -0.188. The summed E-state index contributed by atoms with van der Waals surface area (Å²) < 4.78 is 1.63. The lowest BCUT2D eigenvalue weighted by Crippen LogP contribution is -2.31. The fraction of sp³-hybridized carbons (Fsp3) is 0.115. The molecule has 1 aliphatic heterocycles. The largest absolute Gasteiger partial charge is 0.337 e. The molecule has 0 saturated carbocycles. The third kappa shape index (κ3) is 6.02. The SMILES string of the molecule is C=CCN1C(=O)/C(=C/c2ccccn2)N=C1SSCC=c1[nH]/c(=C\c2ccccn2)c(=O)n1CC=C. The second kappa shape index (κ2) is 12.2. The van der Waals surface area contributed by atoms with Crippen molar-refractivity contribution in [2.75, 3.05) is 12.3 Å². The molecule has 0 aromatic carbocycles. The Balaban J connectivity index is 1.53. The van der Waals surface area contributed by atoms with E-state index in [-0.39, 0.29) is 11.5 Å². The number of amides is 1. The smallest absolute Gasteiger partial charge is 0.278 e. The lowest BCUT2D eigenvalue weighted by atomic mass is 10.3. The van der Waals surface area contributed by atoms with Gasteiger partial charge in [0.25, 0.3) is 11.5 Å². The van der Waals surface area contributed by atoms with E-state index in [2.05, 4.69) is 33.1 Å². The van der Waals surface area contributed by atoms with Gasteiger partial charge in [-0.15, -0.1) is 13.2 Å². The zero-order chi connectivity index (χ0) is 25.3. The van der Waals surface area contributed by atoms with Crippen molar-refractivity contribution in [2.45, 2.75) is 6.54 Å². The molecule has 1 aliphatic rings. The van der Waals surface area contributed by atoms with Gasteiger partial charge in [0.05, 0.1) is 11.4 Å². The van der Waals surface area contributed by atoms with E-state index in [1.54, 1.807) is 46.2 Å². The molecule has 3 aromatic rings. The molecule has 0 bridgehead atoms. The Hall–Kier alpha value is -3.89. The van der Waals surface area contributed by atoms with Gasteiger partial charge >= 0.3 is 0 Å². The Morgan fingerprint density at radius 1 is 0.944 bits per heavy atom. The van der Waals surface area contributed by atoms with Gasteiger partial charge < -0.3 is 4.98 Å². The van der Waals surface area contributed by atoms with E-state index in [9.17, 15) is 9.59 Å². The van der Waals surface area contributed by atoms with E-state index < -0.39 is 0 Å². The van der Waals surface area contributed by atoms with Crippen LogP contribution in [0.25, 0.3) is 18.2 Å². The van der Waals surface area contributed by atoms with Crippen molar-refractivity contribution in [1.82, 2.24) is 24.4 Å². The van der Waals surface area contributed by atoms with Crippen LogP contribution in [0.15, 0.2) is 89.6 Å². The van der Waals surface area contributed by atoms with E-state index in [4.69, 9.17) is 0 Å². The molecule has 1 N–H and O–H groups in total. The number of carbonyl (C=O) groups is 1. The number of allylic oxidation sites excluding steroid dienone is 1. The summed E-state index contributed by atoms with van der Waals surface area (Å²) >= 11 is 0. The molecule has 0 fully saturated rings. The van der Waals surface area contributed by atoms with Crippen molar-refractivity contribution in [1.29, 1.82) is 0 Å². The highest BCUT2D eigenvalue weighted by Gasteiger charge is 2.29. The molecule has 8 nitrogen and oxygen atoms in total. The van der Waals surface area contributed by atoms with Crippen LogP contribution in [0.3, 0.4) is 0 Å². The Morgan fingerprint density at radius 2 is 1.64 bits per heavy atom. The predicted molar refractivity (Wildman–Crippen MR) is 148 cm³/mol. The highest BCUT2D eigenvalue weighted by Crippen LogP contribution is 2.31. The number of amidine groups is 1. The van der Waals surface area contributed by atoms with Gasteiger partial charge in [-0.3, -0.25) is 29.0 Å². The third-order valence-corrected chi connectivity index (χ3v) is 7.08. The van der Waals surface area contributed by atoms with Gasteiger partial charge in [0.1, 0.15) is 16.5 Å². The first kappa shape index (κ1) is 25.2. The number of aliphatic imine (C=N–C) groups is 1. The summed E-state index contributed by atoms with van der Waals surface area (Å²) in [6.45, 7) is 8.25. The van der Waals surface area contributed by atoms with Crippen molar-refractivity contribution in [3.05, 3.63) is 112 Å². The van der Waals surface area contributed by atoms with Crippen LogP contribution in [-0.2, 0) is 11.3 Å². The maximum Gasteiger partial charge on any atom is 0.278 e. The van der Waals surface area contributed by atoms with Crippen LogP contribution in [0.4, 0.5) is 0 Å². The first-order valence-corrected chi connectivity index (χ1v) is 13.4. The average molecular weight is 517 g/mol. The molecule has 4 rings (SSSR count). The number of aromatic nitrogens is 4. The number of H-pyrrole nitrogens is 1. The standard InChI is InChI=1S/C26H24N6O2S2/c1-3-14-31-23(29-21(24(31)33)17-19-9-5-7-12-27-19)11-16-35-36-26-30-22(25(34)32(26)15-4-2)18-20-10-6-8-13-28-20/h3-13,17-18,29H,1-2,14-16H2/b21-17-,22-18-,23-11?. The predicted octanol–water partition coefficient (Wildman–Crippen LogP) is 2.57. The molecule has 0 radical (unpaired) electrons. The highest BCUT2D eigenvalue weighted by atomic mass is 33.1. The van der Waals surface area contributed by atoms with E-state index in [1.807, 2.05) is 42.5 Å². The van der Waals surface area contributed by atoms with Crippen LogP contribution in [0, 0.1) is 0 Å². The van der Waals surface area contributed by atoms with Crippen LogP contribution < -0.4 is 16.4 Å². The number of hydrogen-bond acceptors (Lipinski definition) is 7. The lowest BCUT2D eigenvalue weighted by Gasteiger charge is -2.14. The van der Waals surface area contributed by atoms with E-state index in [1.165, 1.54) is 21.6 Å². The number of hydrogen-bond donors (Lipinski definition) is 1. The van der Waals surface area contributed by atoms with Gasteiger partial charge in [0, 0.05) is 31.2 Å². The molecule has 36 heavy (non-hydrogen) atoms. The number of nitrogens with zero attached hydrogens (tertiary/aromatic N) is 5. The zero-order valence-electron chi connectivity index (χ0n) is 19.4. The monoisotopic (exact) mass is 516 g/mol. The topological polar surface area (TPSA) is 96.2 Å². The molecular weight excluding hydrogens is 492 g/mol. The molecule has 0 saturated heterocycles. The summed E-state index contributed by atoms with van der Waals surface area (Å²) in [6, 6.07) is 11.0. The highest BCUT2D eigenvalue weighted by molar-refractivity contribution is 8.82. The summed E-state index contributed by atoms with van der Waals surface area (Å²) in [4.78, 5) is 43.5. The maximum atomic E-state index is 12.9. The Labute approximate surface area is 216 Å². The van der Waals surface area contributed by atoms with Crippen molar-refractivity contribution in [3.63, 3.8) is 0 Å². The third-order valence-electron chi connectivity index (χ3n) is 4.99. The number of aromatic amines is 1. The van der Waals surface area contributed by atoms with Crippen molar-refractivity contribution < 1.29 is 4.79 Å². The van der Waals surface area contributed by atoms with Gasteiger partial charge in [-0.25, -0.2) is 4.99 Å². The molecule has 10 heteroatoms. The number of pyridine rings is 2. The van der Waals surface area contributed by atoms with Crippen molar-refractivity contribution >= 4 is 50.9 Å². The van der Waals surface area contributed by atoms with Gasteiger partial charge in [0.2, 0.25) is 0 Å². The summed E-state index contributed by atoms with van der Waals surface area (Å²) in [6.07, 6.45) is 12.0. The summed E-state index contributed by atoms with van der Waals surface area (Å²) in [5.41, 5.74) is 2.23. The number of rotatable bonds is 9. The minimum absolute atomic E-state index is 0.142. The van der Waals surface area contributed by atoms with Gasteiger partial charge in [0.15, 0.2) is 5.17 Å². The first-order chi connectivity index (χ1) is 17.6. The minimum Gasteiger partial charge on any atom is -0.337 e. The van der Waals surface area contributed by atoms with Gasteiger partial charge in [-0.05, 0) is 53.3 Å². The van der Waals surface area contributed by atoms with E-state index in [0.29, 0.717) is 51.9 Å². The summed E-state index contributed by atoms with van der Waals surface area (Å²) in [5.74, 6) is 0.380. The molecule has 3 aromatic heterocycles. The summed E-state index contributed by atoms with van der Waals surface area (Å²) in [7, 11) is 2.90. The molecule has 0 aliphatic carbocycles. The van der Waals surface area contributed by atoms with E-state index in [0.717, 1.165) is 0 Å². The molecule has 0 atom stereocenters. The molecule has 1 amide bonds. The number of imidazole rings is 1. The van der Waals surface area contributed by atoms with Crippen LogP contribution in [0.1, 0.15) is 11.4 Å². The normalized spacial score (nSPS) is 15.6. The molecule has 182 valence electrons. The Morgan fingerprint density at radius 3 is 2.28 bits per heavy atom. The maximum absolute atomic E-state index is 12.9. The molecule has 4 heterocycles. The molecule has 0 spiro atoms. The van der Waals surface area contributed by atoms with E-state index >= 15 is 0 Å². The zero-order valence-corrected chi connectivity index (χ0v) is 21.0. The van der Waals surface area contributed by atoms with Crippen molar-refractivity contribution in [2.24, 2.45) is 4.99 Å². The first-order valence-electron chi connectivity index (χ1n) is 11.1. The number of carbonyl (C=O) groups excluding carboxylic acids is 1. The Bertz CT molecular complexity index is 1490. The second-order valence-electron chi connectivity index (χ2n) is 7.48. The fourth-order valence-corrected chi connectivity index (χ4v) is 5.27. The van der Waals surface area contributed by atoms with Gasteiger partial charge in [-0.1, -0.05) is 35.1 Å². The molecule has 0 unspecified atom stereocenters. The average Bonchev–Trinajstić information content (AvgIpc) is 3.34. The van der Waals surface area contributed by atoms with Gasteiger partial charge in [-0.2, -0.15) is 0 Å². The van der Waals surface area contributed by atoms with Crippen LogP contribution in [0.2, 0.25) is 0 Å². The quantitative estimate of drug-likeness (QED) is 0.203. The van der Waals surface area contributed by atoms with Crippen LogP contribution >= 0.6 is 21.6 Å². The number of nitrogens with one attached hydrogen (secondary N) is 1. The lowest BCUT2D eigenvalue weighted by molar-refractivity contribution is -0.122. The second-order valence-corrected chi connectivity index (χ2v) is 9.79. The fourth-order valence-electron chi connectivity index (χ4n) is 3.38. The van der Waals surface area contributed by atoms with Crippen LogP contribution in [-0.4, -0.2) is 47.8 Å². The van der Waals surface area contributed by atoms with Crippen LogP contribution in [0.5, 0.6) is 0 Å².